The van der Waals surface area contributed by atoms with Gasteiger partial charge in [0.25, 0.3) is 0 Å². The highest BCUT2D eigenvalue weighted by Gasteiger charge is 2.20. The van der Waals surface area contributed by atoms with Gasteiger partial charge in [-0.1, -0.05) is 91.0 Å². The fourth-order valence-corrected chi connectivity index (χ4v) is 9.01. The Morgan fingerprint density at radius 1 is 0.420 bits per heavy atom. The maximum Gasteiger partial charge on any atom is 0.136 e. The van der Waals surface area contributed by atoms with Crippen LogP contribution in [0.25, 0.3) is 80.4 Å². The number of aromatic nitrogens is 1. The number of benzene rings is 8. The molecule has 0 aliphatic carbocycles. The van der Waals surface area contributed by atoms with Gasteiger partial charge in [0, 0.05) is 64.5 Å². The molecule has 4 heteroatoms. The van der Waals surface area contributed by atoms with Crippen LogP contribution in [-0.4, -0.2) is 4.57 Å². The Balaban J connectivity index is 1.21. The van der Waals surface area contributed by atoms with Crippen LogP contribution in [0, 0.1) is 0 Å². The Bertz CT molecular complexity index is 3110. The lowest BCUT2D eigenvalue weighted by Gasteiger charge is -2.26. The molecular formula is C46H28N2OS. The third kappa shape index (κ3) is 4.03. The van der Waals surface area contributed by atoms with Crippen LogP contribution in [0.3, 0.4) is 0 Å². The summed E-state index contributed by atoms with van der Waals surface area (Å²) in [4.78, 5) is 2.42. The van der Waals surface area contributed by atoms with Crippen molar-refractivity contribution in [1.29, 1.82) is 0 Å². The van der Waals surface area contributed by atoms with Crippen molar-refractivity contribution < 1.29 is 4.42 Å². The molecule has 3 aromatic heterocycles. The quantitative estimate of drug-likeness (QED) is 0.188. The number of rotatable bonds is 4. The van der Waals surface area contributed by atoms with Crippen LogP contribution in [0.5, 0.6) is 0 Å². The molecule has 0 amide bonds. The Hall–Kier alpha value is -6.36. The first-order valence-corrected chi connectivity index (χ1v) is 17.7. The van der Waals surface area contributed by atoms with E-state index in [1.54, 1.807) is 0 Å². The molecule has 3 heterocycles. The largest absolute Gasteiger partial charge is 0.456 e. The minimum atomic E-state index is 0.905. The number of furan rings is 1. The summed E-state index contributed by atoms with van der Waals surface area (Å²) in [6.07, 6.45) is 0. The topological polar surface area (TPSA) is 21.3 Å². The van der Waals surface area contributed by atoms with Gasteiger partial charge in [-0.25, -0.2) is 0 Å². The Morgan fingerprint density at radius 3 is 1.96 bits per heavy atom. The molecule has 0 aliphatic rings. The first-order chi connectivity index (χ1) is 24.8. The lowest BCUT2D eigenvalue weighted by Crippen LogP contribution is -2.10. The van der Waals surface area contributed by atoms with E-state index in [1.807, 2.05) is 17.4 Å². The van der Waals surface area contributed by atoms with Gasteiger partial charge < -0.3 is 13.9 Å². The van der Waals surface area contributed by atoms with Crippen LogP contribution in [0.2, 0.25) is 0 Å². The van der Waals surface area contributed by atoms with Crippen LogP contribution < -0.4 is 4.90 Å². The van der Waals surface area contributed by atoms with Gasteiger partial charge in [-0.3, -0.25) is 0 Å². The van der Waals surface area contributed by atoms with Gasteiger partial charge in [0.15, 0.2) is 0 Å². The summed E-state index contributed by atoms with van der Waals surface area (Å²) in [5, 5.41) is 9.70. The molecule has 0 radical (unpaired) electrons. The molecule has 0 N–H and O–H groups in total. The van der Waals surface area contributed by atoms with Gasteiger partial charge in [-0.05, 0) is 89.6 Å². The molecule has 0 fully saturated rings. The molecule has 0 saturated heterocycles. The number of nitrogens with zero attached hydrogens (tertiary/aromatic N) is 2. The Morgan fingerprint density at radius 2 is 1.06 bits per heavy atom. The monoisotopic (exact) mass is 656 g/mol. The number of fused-ring (bicyclic) bond motifs is 11. The molecule has 11 aromatic rings. The predicted octanol–water partition coefficient (Wildman–Crippen LogP) is 13.7. The second-order valence-electron chi connectivity index (χ2n) is 12.9. The number of para-hydroxylation sites is 3. The molecule has 234 valence electrons. The van der Waals surface area contributed by atoms with Gasteiger partial charge in [-0.15, -0.1) is 11.3 Å². The average Bonchev–Trinajstić information content (AvgIpc) is 3.84. The van der Waals surface area contributed by atoms with Crippen LogP contribution in [0.4, 0.5) is 17.1 Å². The minimum Gasteiger partial charge on any atom is -0.456 e. The minimum absolute atomic E-state index is 0.905. The lowest BCUT2D eigenvalue weighted by molar-refractivity contribution is 0.669. The number of hydrogen-bond acceptors (Lipinski definition) is 3. The first-order valence-electron chi connectivity index (χ1n) is 16.9. The molecule has 8 aromatic carbocycles. The smallest absolute Gasteiger partial charge is 0.136 e. The molecule has 0 saturated carbocycles. The molecule has 0 aliphatic heterocycles. The molecule has 3 nitrogen and oxygen atoms in total. The van der Waals surface area contributed by atoms with Crippen LogP contribution in [-0.2, 0) is 0 Å². The zero-order chi connectivity index (χ0) is 32.8. The van der Waals surface area contributed by atoms with Crippen molar-refractivity contribution >= 4 is 103 Å². The number of hydrogen-bond donors (Lipinski definition) is 0. The second-order valence-corrected chi connectivity index (χ2v) is 14.0. The summed E-state index contributed by atoms with van der Waals surface area (Å²) < 4.78 is 11.3. The highest BCUT2D eigenvalue weighted by molar-refractivity contribution is 7.25. The summed E-state index contributed by atoms with van der Waals surface area (Å²) in [5.41, 5.74) is 8.64. The van der Waals surface area contributed by atoms with Crippen molar-refractivity contribution in [3.8, 4) is 5.69 Å². The highest BCUT2D eigenvalue weighted by Crippen LogP contribution is 2.44. The third-order valence-corrected chi connectivity index (χ3v) is 11.3. The molecule has 0 unspecified atom stereocenters. The summed E-state index contributed by atoms with van der Waals surface area (Å²) >= 11 is 1.85. The fourth-order valence-electron chi connectivity index (χ4n) is 7.92. The molecule has 0 atom stereocenters. The van der Waals surface area contributed by atoms with Crippen LogP contribution in [0.15, 0.2) is 174 Å². The summed E-state index contributed by atoms with van der Waals surface area (Å²) in [7, 11) is 0. The number of anilines is 3. The van der Waals surface area contributed by atoms with E-state index in [0.717, 1.165) is 44.7 Å². The van der Waals surface area contributed by atoms with Crippen molar-refractivity contribution in [3.63, 3.8) is 0 Å². The summed E-state index contributed by atoms with van der Waals surface area (Å²) in [6, 6.07) is 61.4. The highest BCUT2D eigenvalue weighted by atomic mass is 32.1. The van der Waals surface area contributed by atoms with Crippen molar-refractivity contribution in [1.82, 2.24) is 4.57 Å². The standard InChI is InChI=1S/C46H28N2OS/c1-2-10-30(11-3-1)48-40-15-7-4-12-34(40)35-23-21-33(28-41(35)48)47(32-22-25-45-39(27-32)36-13-6-9-17-44(36)50-45)31-20-18-29-19-24-43-46(38(29)26-31)37-14-5-8-16-42(37)49-43/h1-28H. The molecule has 0 bridgehead atoms. The van der Waals surface area contributed by atoms with E-state index >= 15 is 0 Å². The van der Waals surface area contributed by atoms with Crippen molar-refractivity contribution in [2.75, 3.05) is 4.90 Å². The van der Waals surface area contributed by atoms with Crippen LogP contribution >= 0.6 is 11.3 Å². The van der Waals surface area contributed by atoms with Crippen LogP contribution in [0.1, 0.15) is 0 Å². The van der Waals surface area contributed by atoms with Gasteiger partial charge >= 0.3 is 0 Å². The normalized spacial score (nSPS) is 12.0. The first kappa shape index (κ1) is 27.6. The van der Waals surface area contributed by atoms with E-state index in [9.17, 15) is 0 Å². The van der Waals surface area contributed by atoms with E-state index in [1.165, 1.54) is 52.8 Å². The summed E-state index contributed by atoms with van der Waals surface area (Å²) in [6.45, 7) is 0. The maximum atomic E-state index is 6.33. The van der Waals surface area contributed by atoms with E-state index in [2.05, 4.69) is 173 Å². The second kappa shape index (κ2) is 10.6. The molecule has 11 rings (SSSR count). The van der Waals surface area contributed by atoms with Crippen molar-refractivity contribution in [3.05, 3.63) is 170 Å². The summed E-state index contributed by atoms with van der Waals surface area (Å²) in [5.74, 6) is 0. The molecular weight excluding hydrogens is 629 g/mol. The zero-order valence-electron chi connectivity index (χ0n) is 26.9. The average molecular weight is 657 g/mol. The number of thiophene rings is 1. The van der Waals surface area contributed by atoms with E-state index < -0.39 is 0 Å². The fraction of sp³-hybridized carbons (Fsp3) is 0. The van der Waals surface area contributed by atoms with E-state index in [0.29, 0.717) is 0 Å². The van der Waals surface area contributed by atoms with E-state index in [4.69, 9.17) is 4.42 Å². The SMILES string of the molecule is c1ccc(-n2c3ccccc3c3ccc(N(c4ccc5sc6ccccc6c5c4)c4ccc5ccc6oc7ccccc7c6c5c4)cc32)cc1. The lowest BCUT2D eigenvalue weighted by atomic mass is 10.0. The van der Waals surface area contributed by atoms with Gasteiger partial charge in [0.2, 0.25) is 0 Å². The maximum absolute atomic E-state index is 6.33. The van der Waals surface area contributed by atoms with Crippen molar-refractivity contribution in [2.24, 2.45) is 0 Å². The van der Waals surface area contributed by atoms with E-state index in [-0.39, 0.29) is 0 Å². The van der Waals surface area contributed by atoms with Gasteiger partial charge in [0.1, 0.15) is 11.2 Å². The van der Waals surface area contributed by atoms with Gasteiger partial charge in [0.05, 0.1) is 11.0 Å². The zero-order valence-corrected chi connectivity index (χ0v) is 27.7. The Labute approximate surface area is 291 Å². The van der Waals surface area contributed by atoms with Gasteiger partial charge in [-0.2, -0.15) is 0 Å². The third-order valence-electron chi connectivity index (χ3n) is 10.1. The molecule has 50 heavy (non-hydrogen) atoms. The predicted molar refractivity (Wildman–Crippen MR) is 213 cm³/mol. The van der Waals surface area contributed by atoms with Crippen molar-refractivity contribution in [2.45, 2.75) is 0 Å². The molecule has 0 spiro atoms. The Kier molecular flexibility index (Phi) is 5.83.